The second-order valence-electron chi connectivity index (χ2n) is 4.83. The van der Waals surface area contributed by atoms with Crippen molar-refractivity contribution in [1.82, 2.24) is 14.8 Å². The van der Waals surface area contributed by atoms with Crippen molar-refractivity contribution >= 4 is 11.8 Å². The van der Waals surface area contributed by atoms with Crippen LogP contribution in [0.2, 0.25) is 0 Å². The van der Waals surface area contributed by atoms with Gasteiger partial charge in [-0.25, -0.2) is 4.39 Å². The molecule has 3 rings (SSSR count). The van der Waals surface area contributed by atoms with Crippen molar-refractivity contribution in [1.29, 1.82) is 0 Å². The summed E-state index contributed by atoms with van der Waals surface area (Å²) in [7, 11) is 0. The van der Waals surface area contributed by atoms with E-state index in [4.69, 9.17) is 0 Å². The molecule has 1 aliphatic heterocycles. The Morgan fingerprint density at radius 1 is 1.24 bits per heavy atom. The molecule has 6 heteroatoms. The second kappa shape index (κ2) is 5.40. The van der Waals surface area contributed by atoms with Crippen LogP contribution in [0.3, 0.4) is 0 Å². The van der Waals surface area contributed by atoms with Crippen molar-refractivity contribution in [2.24, 2.45) is 0 Å². The van der Waals surface area contributed by atoms with Crippen molar-refractivity contribution in [3.8, 4) is 5.69 Å². The molecule has 21 heavy (non-hydrogen) atoms. The standard InChI is InChI=1S/C15H14FN3O2/c16-11-3-4-13(18-6-1-2-7-18)12(9-11)15(21)19-8-5-17-14(20)10-19/h1-4,6-7,9H,5,8,10H2,(H,17,20). The number of piperazine rings is 1. The SMILES string of the molecule is O=C1CN(C(=O)c2cc(F)ccc2-n2cccc2)CCN1. The Morgan fingerprint density at radius 3 is 2.71 bits per heavy atom. The summed E-state index contributed by atoms with van der Waals surface area (Å²) in [5.41, 5.74) is 0.846. The number of halogens is 1. The zero-order valence-corrected chi connectivity index (χ0v) is 11.3. The highest BCUT2D eigenvalue weighted by molar-refractivity contribution is 6.00. The number of nitrogens with one attached hydrogen (secondary N) is 1. The first-order valence-corrected chi connectivity index (χ1v) is 6.64. The molecule has 0 unspecified atom stereocenters. The first-order chi connectivity index (χ1) is 10.1. The van der Waals surface area contributed by atoms with E-state index in [9.17, 15) is 14.0 Å². The van der Waals surface area contributed by atoms with Crippen LogP contribution in [0.4, 0.5) is 4.39 Å². The molecular weight excluding hydrogens is 273 g/mol. The summed E-state index contributed by atoms with van der Waals surface area (Å²) in [6.07, 6.45) is 3.57. The van der Waals surface area contributed by atoms with Gasteiger partial charge in [-0.15, -0.1) is 0 Å². The van der Waals surface area contributed by atoms with E-state index in [-0.39, 0.29) is 23.9 Å². The fraction of sp³-hybridized carbons (Fsp3) is 0.200. The molecule has 1 N–H and O–H groups in total. The maximum Gasteiger partial charge on any atom is 0.256 e. The first-order valence-electron chi connectivity index (χ1n) is 6.64. The van der Waals surface area contributed by atoms with Crippen LogP contribution in [-0.4, -0.2) is 40.9 Å². The van der Waals surface area contributed by atoms with Gasteiger partial charge in [0.05, 0.1) is 17.8 Å². The summed E-state index contributed by atoms with van der Waals surface area (Å²) in [6.45, 7) is 0.839. The Morgan fingerprint density at radius 2 is 2.00 bits per heavy atom. The number of amides is 2. The highest BCUT2D eigenvalue weighted by Crippen LogP contribution is 2.19. The van der Waals surface area contributed by atoms with Crippen LogP contribution in [0.5, 0.6) is 0 Å². The van der Waals surface area contributed by atoms with Gasteiger partial charge >= 0.3 is 0 Å². The van der Waals surface area contributed by atoms with E-state index in [1.54, 1.807) is 23.0 Å². The lowest BCUT2D eigenvalue weighted by Crippen LogP contribution is -2.50. The molecule has 0 atom stereocenters. The van der Waals surface area contributed by atoms with Crippen molar-refractivity contribution in [3.63, 3.8) is 0 Å². The van der Waals surface area contributed by atoms with E-state index in [2.05, 4.69) is 5.32 Å². The van der Waals surface area contributed by atoms with Gasteiger partial charge in [0.1, 0.15) is 5.82 Å². The summed E-state index contributed by atoms with van der Waals surface area (Å²) in [5, 5.41) is 2.66. The van der Waals surface area contributed by atoms with Gasteiger partial charge < -0.3 is 14.8 Å². The van der Waals surface area contributed by atoms with Crippen molar-refractivity contribution in [2.45, 2.75) is 0 Å². The molecule has 0 saturated carbocycles. The van der Waals surface area contributed by atoms with Gasteiger partial charge in [0, 0.05) is 25.5 Å². The summed E-state index contributed by atoms with van der Waals surface area (Å²) in [6, 6.07) is 7.74. The minimum Gasteiger partial charge on any atom is -0.353 e. The van der Waals surface area contributed by atoms with Crippen molar-refractivity contribution < 1.29 is 14.0 Å². The fourth-order valence-corrected chi connectivity index (χ4v) is 2.38. The van der Waals surface area contributed by atoms with E-state index in [0.29, 0.717) is 18.8 Å². The van der Waals surface area contributed by atoms with Crippen molar-refractivity contribution in [2.75, 3.05) is 19.6 Å². The van der Waals surface area contributed by atoms with Crippen LogP contribution in [0.15, 0.2) is 42.7 Å². The molecule has 1 aliphatic rings. The molecular formula is C15H14FN3O2. The van der Waals surface area contributed by atoms with Gasteiger partial charge in [-0.3, -0.25) is 9.59 Å². The highest BCUT2D eigenvalue weighted by Gasteiger charge is 2.24. The van der Waals surface area contributed by atoms with E-state index < -0.39 is 5.82 Å². The topological polar surface area (TPSA) is 54.3 Å². The number of rotatable bonds is 2. The lowest BCUT2D eigenvalue weighted by Gasteiger charge is -2.27. The molecule has 5 nitrogen and oxygen atoms in total. The molecule has 0 bridgehead atoms. The summed E-state index contributed by atoms with van der Waals surface area (Å²) in [5.74, 6) is -1.02. The quantitative estimate of drug-likeness (QED) is 0.902. The highest BCUT2D eigenvalue weighted by atomic mass is 19.1. The van der Waals surface area contributed by atoms with Gasteiger partial charge in [-0.05, 0) is 30.3 Å². The van der Waals surface area contributed by atoms with E-state index >= 15 is 0 Å². The molecule has 2 heterocycles. The number of carbonyl (C=O) groups excluding carboxylic acids is 2. The van der Waals surface area contributed by atoms with E-state index in [0.717, 1.165) is 0 Å². The molecule has 1 fully saturated rings. The Bertz CT molecular complexity index is 682. The Kier molecular flexibility index (Phi) is 3.43. The van der Waals surface area contributed by atoms with Crippen LogP contribution < -0.4 is 5.32 Å². The van der Waals surface area contributed by atoms with Crippen LogP contribution in [0.1, 0.15) is 10.4 Å². The average molecular weight is 287 g/mol. The predicted octanol–water partition coefficient (Wildman–Crippen LogP) is 1.19. The van der Waals surface area contributed by atoms with Crippen LogP contribution >= 0.6 is 0 Å². The molecule has 108 valence electrons. The Balaban J connectivity index is 1.98. The average Bonchev–Trinajstić information content (AvgIpc) is 3.00. The molecule has 2 amide bonds. The smallest absolute Gasteiger partial charge is 0.256 e. The minimum atomic E-state index is -0.476. The molecule has 1 aromatic heterocycles. The van der Waals surface area contributed by atoms with Gasteiger partial charge in [0.15, 0.2) is 0 Å². The third-order valence-electron chi connectivity index (χ3n) is 3.40. The minimum absolute atomic E-state index is 0.000462. The normalized spacial score (nSPS) is 14.9. The number of hydrogen-bond acceptors (Lipinski definition) is 2. The summed E-state index contributed by atoms with van der Waals surface area (Å²) in [4.78, 5) is 25.4. The monoisotopic (exact) mass is 287 g/mol. The maximum absolute atomic E-state index is 13.5. The third-order valence-corrected chi connectivity index (χ3v) is 3.40. The Labute approximate surface area is 121 Å². The fourth-order valence-electron chi connectivity index (χ4n) is 2.38. The van der Waals surface area contributed by atoms with Crippen LogP contribution in [0, 0.1) is 5.82 Å². The molecule has 0 aliphatic carbocycles. The zero-order valence-electron chi connectivity index (χ0n) is 11.3. The molecule has 1 saturated heterocycles. The molecule has 1 aromatic carbocycles. The molecule has 0 spiro atoms. The molecule has 2 aromatic rings. The zero-order chi connectivity index (χ0) is 14.8. The maximum atomic E-state index is 13.5. The van der Waals surface area contributed by atoms with Crippen LogP contribution in [0.25, 0.3) is 5.69 Å². The van der Waals surface area contributed by atoms with Gasteiger partial charge in [0.2, 0.25) is 5.91 Å². The number of benzene rings is 1. The summed E-state index contributed by atoms with van der Waals surface area (Å²) < 4.78 is 15.3. The number of nitrogens with zero attached hydrogens (tertiary/aromatic N) is 2. The van der Waals surface area contributed by atoms with Gasteiger partial charge in [-0.1, -0.05) is 0 Å². The summed E-state index contributed by atoms with van der Waals surface area (Å²) >= 11 is 0. The number of hydrogen-bond donors (Lipinski definition) is 1. The number of aromatic nitrogens is 1. The predicted molar refractivity (Wildman–Crippen MR) is 74.6 cm³/mol. The second-order valence-corrected chi connectivity index (χ2v) is 4.83. The van der Waals surface area contributed by atoms with E-state index in [1.165, 1.54) is 17.0 Å². The largest absolute Gasteiger partial charge is 0.353 e. The van der Waals surface area contributed by atoms with Gasteiger partial charge in [-0.2, -0.15) is 0 Å². The third kappa shape index (κ3) is 2.65. The Hall–Kier alpha value is -2.63. The molecule has 0 radical (unpaired) electrons. The lowest BCUT2D eigenvalue weighted by molar-refractivity contribution is -0.123. The van der Waals surface area contributed by atoms with Gasteiger partial charge in [0.25, 0.3) is 5.91 Å². The van der Waals surface area contributed by atoms with Crippen LogP contribution in [-0.2, 0) is 4.79 Å². The van der Waals surface area contributed by atoms with E-state index in [1.807, 2.05) is 12.1 Å². The first kappa shape index (κ1) is 13.4. The van der Waals surface area contributed by atoms with Crippen molar-refractivity contribution in [3.05, 3.63) is 54.1 Å². The number of carbonyl (C=O) groups is 2. The lowest BCUT2D eigenvalue weighted by atomic mass is 10.1.